The molecule has 33 heavy (non-hydrogen) atoms. The standard InChI is InChI=1S/C25H34ClN5O2/c1-18-14-22(6-7-23(18)24(32)31-10-2-5-21(31)15-27)33-13-3-4-19-8-11-30(12-9-19)25-28-16-20(26)17-29-25/h6-7,14,16-17,19,21H,2-5,8-13,15,27H2,1H3. The van der Waals surface area contributed by atoms with Gasteiger partial charge in [-0.2, -0.15) is 0 Å². The average Bonchev–Trinajstić information content (AvgIpc) is 3.31. The molecule has 0 bridgehead atoms. The molecule has 178 valence electrons. The lowest BCUT2D eigenvalue weighted by Gasteiger charge is -2.32. The topological polar surface area (TPSA) is 84.6 Å². The zero-order chi connectivity index (χ0) is 23.2. The van der Waals surface area contributed by atoms with Crippen LogP contribution in [0.1, 0.15) is 54.4 Å². The van der Waals surface area contributed by atoms with E-state index < -0.39 is 0 Å². The maximum atomic E-state index is 12.9. The highest BCUT2D eigenvalue weighted by Gasteiger charge is 2.29. The molecule has 1 aromatic carbocycles. The minimum Gasteiger partial charge on any atom is -0.494 e. The van der Waals surface area contributed by atoms with Crippen molar-refractivity contribution in [3.8, 4) is 5.75 Å². The number of nitrogens with zero attached hydrogens (tertiary/aromatic N) is 4. The average molecular weight is 472 g/mol. The summed E-state index contributed by atoms with van der Waals surface area (Å²) in [5.41, 5.74) is 7.54. The van der Waals surface area contributed by atoms with Crippen LogP contribution in [0.4, 0.5) is 5.95 Å². The molecule has 8 heteroatoms. The van der Waals surface area contributed by atoms with Gasteiger partial charge in [-0.25, -0.2) is 9.97 Å². The lowest BCUT2D eigenvalue weighted by atomic mass is 9.92. The summed E-state index contributed by atoms with van der Waals surface area (Å²) in [6, 6.07) is 5.95. The fourth-order valence-corrected chi connectivity index (χ4v) is 5.02. The first-order valence-corrected chi connectivity index (χ1v) is 12.4. The Morgan fingerprint density at radius 3 is 2.64 bits per heavy atom. The Balaban J connectivity index is 1.19. The molecule has 2 N–H and O–H groups in total. The van der Waals surface area contributed by atoms with Crippen molar-refractivity contribution in [2.75, 3.05) is 37.7 Å². The van der Waals surface area contributed by atoms with Crippen LogP contribution in [0.25, 0.3) is 0 Å². The fraction of sp³-hybridized carbons (Fsp3) is 0.560. The molecule has 1 amide bonds. The Labute approximate surface area is 201 Å². The molecule has 4 rings (SSSR count). The van der Waals surface area contributed by atoms with Crippen LogP contribution in [-0.4, -0.2) is 59.6 Å². The third-order valence-corrected chi connectivity index (χ3v) is 7.06. The smallest absolute Gasteiger partial charge is 0.254 e. The molecular formula is C25H34ClN5O2. The van der Waals surface area contributed by atoms with Gasteiger partial charge in [-0.1, -0.05) is 11.6 Å². The molecule has 2 fully saturated rings. The van der Waals surface area contributed by atoms with Gasteiger partial charge >= 0.3 is 0 Å². The number of amides is 1. The second-order valence-corrected chi connectivity index (χ2v) is 9.57. The van der Waals surface area contributed by atoms with E-state index in [4.69, 9.17) is 22.1 Å². The molecule has 1 atom stereocenters. The van der Waals surface area contributed by atoms with Crippen LogP contribution in [0.15, 0.2) is 30.6 Å². The van der Waals surface area contributed by atoms with E-state index >= 15 is 0 Å². The number of aryl methyl sites for hydroxylation is 1. The van der Waals surface area contributed by atoms with Gasteiger partial charge in [-0.15, -0.1) is 0 Å². The van der Waals surface area contributed by atoms with Gasteiger partial charge in [-0.3, -0.25) is 4.79 Å². The Kier molecular flexibility index (Phi) is 8.04. The number of piperidine rings is 1. The van der Waals surface area contributed by atoms with Gasteiger partial charge in [0.2, 0.25) is 5.95 Å². The molecule has 0 aliphatic carbocycles. The molecule has 2 aliphatic rings. The monoisotopic (exact) mass is 471 g/mol. The van der Waals surface area contributed by atoms with Crippen molar-refractivity contribution >= 4 is 23.5 Å². The lowest BCUT2D eigenvalue weighted by molar-refractivity contribution is 0.0740. The number of aromatic nitrogens is 2. The van der Waals surface area contributed by atoms with Crippen molar-refractivity contribution in [3.63, 3.8) is 0 Å². The second kappa shape index (κ2) is 11.2. The normalized spacial score (nSPS) is 19.2. The van der Waals surface area contributed by atoms with E-state index in [1.54, 1.807) is 12.4 Å². The van der Waals surface area contributed by atoms with E-state index in [1.807, 2.05) is 30.0 Å². The number of carbonyl (C=O) groups excluding carboxylic acids is 1. The van der Waals surface area contributed by atoms with Crippen molar-refractivity contribution in [1.29, 1.82) is 0 Å². The number of rotatable bonds is 8. The third kappa shape index (κ3) is 5.95. The maximum absolute atomic E-state index is 12.9. The van der Waals surface area contributed by atoms with Crippen molar-refractivity contribution in [2.45, 2.75) is 51.5 Å². The molecule has 2 aliphatic heterocycles. The van der Waals surface area contributed by atoms with Crippen LogP contribution < -0.4 is 15.4 Å². The predicted octanol–water partition coefficient (Wildman–Crippen LogP) is 4.08. The molecule has 7 nitrogen and oxygen atoms in total. The highest BCUT2D eigenvalue weighted by atomic mass is 35.5. The van der Waals surface area contributed by atoms with Crippen molar-refractivity contribution in [1.82, 2.24) is 14.9 Å². The van der Waals surface area contributed by atoms with Crippen LogP contribution >= 0.6 is 11.6 Å². The van der Waals surface area contributed by atoms with E-state index in [-0.39, 0.29) is 11.9 Å². The van der Waals surface area contributed by atoms with E-state index in [9.17, 15) is 4.79 Å². The van der Waals surface area contributed by atoms with Gasteiger partial charge in [0.05, 0.1) is 24.0 Å². The molecule has 2 aromatic rings. The van der Waals surface area contributed by atoms with E-state index in [0.29, 0.717) is 24.1 Å². The van der Waals surface area contributed by atoms with Crippen molar-refractivity contribution in [2.24, 2.45) is 11.7 Å². The van der Waals surface area contributed by atoms with Gasteiger partial charge in [0, 0.05) is 37.8 Å². The SMILES string of the molecule is Cc1cc(OCCCC2CCN(c3ncc(Cl)cn3)CC2)ccc1C(=O)N1CCCC1CN. The fourth-order valence-electron chi connectivity index (χ4n) is 4.92. The van der Waals surface area contributed by atoms with Gasteiger partial charge < -0.3 is 20.3 Å². The number of carbonyl (C=O) groups is 1. The van der Waals surface area contributed by atoms with Gasteiger partial charge in [0.1, 0.15) is 5.75 Å². The molecule has 3 heterocycles. The summed E-state index contributed by atoms with van der Waals surface area (Å²) in [7, 11) is 0. The number of benzene rings is 1. The first kappa shape index (κ1) is 23.8. The zero-order valence-corrected chi connectivity index (χ0v) is 20.1. The maximum Gasteiger partial charge on any atom is 0.254 e. The molecule has 2 saturated heterocycles. The summed E-state index contributed by atoms with van der Waals surface area (Å²) < 4.78 is 5.99. The molecular weight excluding hydrogens is 438 g/mol. The Morgan fingerprint density at radius 1 is 1.18 bits per heavy atom. The van der Waals surface area contributed by atoms with Crippen LogP contribution in [0.5, 0.6) is 5.75 Å². The Bertz CT molecular complexity index is 931. The molecule has 0 radical (unpaired) electrons. The number of hydrogen-bond donors (Lipinski definition) is 1. The van der Waals surface area contributed by atoms with E-state index in [0.717, 1.165) is 81.0 Å². The minimum absolute atomic E-state index is 0.0855. The summed E-state index contributed by atoms with van der Waals surface area (Å²) in [5, 5.41) is 0.567. The summed E-state index contributed by atoms with van der Waals surface area (Å²) in [4.78, 5) is 25.7. The second-order valence-electron chi connectivity index (χ2n) is 9.13. The van der Waals surface area contributed by atoms with E-state index in [1.165, 1.54) is 0 Å². The molecule has 1 aromatic heterocycles. The highest BCUT2D eigenvalue weighted by molar-refractivity contribution is 6.30. The lowest BCUT2D eigenvalue weighted by Crippen LogP contribution is -2.40. The predicted molar refractivity (Wildman–Crippen MR) is 131 cm³/mol. The first-order valence-electron chi connectivity index (χ1n) is 12.0. The number of likely N-dealkylation sites (tertiary alicyclic amines) is 1. The molecule has 1 unspecified atom stereocenters. The van der Waals surface area contributed by atoms with Gasteiger partial charge in [0.25, 0.3) is 5.91 Å². The summed E-state index contributed by atoms with van der Waals surface area (Å²) >= 11 is 5.88. The van der Waals surface area contributed by atoms with Crippen LogP contribution in [0.2, 0.25) is 5.02 Å². The number of hydrogen-bond acceptors (Lipinski definition) is 6. The largest absolute Gasteiger partial charge is 0.494 e. The molecule has 0 spiro atoms. The highest BCUT2D eigenvalue weighted by Crippen LogP contribution is 2.26. The van der Waals surface area contributed by atoms with Crippen molar-refractivity contribution in [3.05, 3.63) is 46.7 Å². The first-order chi connectivity index (χ1) is 16.0. The van der Waals surface area contributed by atoms with Crippen LogP contribution in [-0.2, 0) is 0 Å². The summed E-state index contributed by atoms with van der Waals surface area (Å²) in [5.74, 6) is 2.38. The zero-order valence-electron chi connectivity index (χ0n) is 19.4. The van der Waals surface area contributed by atoms with Gasteiger partial charge in [0.15, 0.2) is 0 Å². The Morgan fingerprint density at radius 2 is 1.94 bits per heavy atom. The quantitative estimate of drug-likeness (QED) is 0.584. The number of nitrogens with two attached hydrogens (primary N) is 1. The van der Waals surface area contributed by atoms with Crippen molar-refractivity contribution < 1.29 is 9.53 Å². The number of anilines is 1. The number of ether oxygens (including phenoxy) is 1. The summed E-state index contributed by atoms with van der Waals surface area (Å²) in [6.45, 7) is 5.94. The summed E-state index contributed by atoms with van der Waals surface area (Å²) in [6.07, 6.45) is 9.79. The van der Waals surface area contributed by atoms with Crippen LogP contribution in [0, 0.1) is 12.8 Å². The van der Waals surface area contributed by atoms with Crippen LogP contribution in [0.3, 0.4) is 0 Å². The number of halogens is 1. The van der Waals surface area contributed by atoms with E-state index in [2.05, 4.69) is 14.9 Å². The minimum atomic E-state index is 0.0855. The molecule has 0 saturated carbocycles. The Hall–Kier alpha value is -2.38. The van der Waals surface area contributed by atoms with Gasteiger partial charge in [-0.05, 0) is 75.1 Å². The third-order valence-electron chi connectivity index (χ3n) is 6.87.